The van der Waals surface area contributed by atoms with Crippen molar-refractivity contribution in [3.63, 3.8) is 0 Å². The van der Waals surface area contributed by atoms with Gasteiger partial charge in [-0.1, -0.05) is 18.2 Å². The predicted molar refractivity (Wildman–Crippen MR) is 119 cm³/mol. The summed E-state index contributed by atoms with van der Waals surface area (Å²) < 4.78 is 16.2. The lowest BCUT2D eigenvalue weighted by molar-refractivity contribution is -0.115. The van der Waals surface area contributed by atoms with Crippen LogP contribution in [0.15, 0.2) is 59.8 Å². The molecule has 2 aromatic carbocycles. The van der Waals surface area contributed by atoms with Gasteiger partial charge in [-0.25, -0.2) is 9.07 Å². The fraction of sp³-hybridized carbons (Fsp3) is 0.261. The summed E-state index contributed by atoms with van der Waals surface area (Å²) in [5.74, 6) is -0.163. The molecule has 1 amide bonds. The molecule has 0 saturated carbocycles. The molecular formula is C23H25FN6O. The Morgan fingerprint density at radius 3 is 2.45 bits per heavy atom. The van der Waals surface area contributed by atoms with Crippen molar-refractivity contribution >= 4 is 17.5 Å². The zero-order valence-electron chi connectivity index (χ0n) is 17.8. The second-order valence-electron chi connectivity index (χ2n) is 7.37. The fourth-order valence-electron chi connectivity index (χ4n) is 3.99. The smallest absolute Gasteiger partial charge is 0.248 e. The summed E-state index contributed by atoms with van der Waals surface area (Å²) in [6.45, 7) is 7.79. The Morgan fingerprint density at radius 2 is 1.84 bits per heavy atom. The van der Waals surface area contributed by atoms with E-state index in [9.17, 15) is 9.18 Å². The lowest BCUT2D eigenvalue weighted by Crippen LogP contribution is -2.32. The number of hydrogen-bond acceptors (Lipinski definition) is 5. The van der Waals surface area contributed by atoms with Gasteiger partial charge >= 0.3 is 0 Å². The molecule has 1 aliphatic rings. The molecule has 4 rings (SSSR count). The molecule has 0 radical (unpaired) electrons. The molecule has 0 fully saturated rings. The van der Waals surface area contributed by atoms with E-state index in [0.717, 1.165) is 24.3 Å². The fourth-order valence-corrected chi connectivity index (χ4v) is 3.99. The largest absolute Gasteiger partial charge is 0.372 e. The zero-order chi connectivity index (χ0) is 22.1. The maximum absolute atomic E-state index is 14.7. The zero-order valence-corrected chi connectivity index (χ0v) is 17.8. The van der Waals surface area contributed by atoms with Crippen molar-refractivity contribution in [2.24, 2.45) is 5.73 Å². The van der Waals surface area contributed by atoms with Crippen molar-refractivity contribution in [2.45, 2.75) is 26.8 Å². The van der Waals surface area contributed by atoms with Crippen LogP contribution in [0.2, 0.25) is 0 Å². The molecule has 3 aromatic rings. The van der Waals surface area contributed by atoms with Gasteiger partial charge in [-0.3, -0.25) is 4.79 Å². The summed E-state index contributed by atoms with van der Waals surface area (Å²) in [5, 5.41) is 7.71. The standard InChI is InChI=1S/C23H25FN6O/c1-4-29(5-2)16-12-10-15(11-13-16)22-27-23-26-14(3)19(21(25)31)20(30(23)28-22)17-8-6-7-9-18(17)24/h6-13,20H,4-5H2,1-3H3,(H2,25,31)(H,26,27,28). The van der Waals surface area contributed by atoms with Crippen molar-refractivity contribution < 1.29 is 9.18 Å². The number of hydrogen-bond donors (Lipinski definition) is 2. The van der Waals surface area contributed by atoms with Crippen molar-refractivity contribution in [3.05, 3.63) is 71.2 Å². The molecule has 2 heterocycles. The summed E-state index contributed by atoms with van der Waals surface area (Å²) in [6.07, 6.45) is 0. The number of nitrogens with two attached hydrogens (primary N) is 1. The monoisotopic (exact) mass is 420 g/mol. The molecular weight excluding hydrogens is 395 g/mol. The van der Waals surface area contributed by atoms with E-state index in [0.29, 0.717) is 23.0 Å². The van der Waals surface area contributed by atoms with Gasteiger partial charge in [0.15, 0.2) is 5.82 Å². The van der Waals surface area contributed by atoms with Gasteiger partial charge in [-0.05, 0) is 51.1 Å². The summed E-state index contributed by atoms with van der Waals surface area (Å²) >= 11 is 0. The summed E-state index contributed by atoms with van der Waals surface area (Å²) in [5.41, 5.74) is 8.70. The molecule has 8 heteroatoms. The van der Waals surface area contributed by atoms with Gasteiger partial charge in [0, 0.05) is 35.6 Å². The molecule has 0 bridgehead atoms. The molecule has 1 unspecified atom stereocenters. The number of primary amides is 1. The SMILES string of the molecule is CCN(CC)c1ccc(-c2nc3n(n2)C(c2ccccc2F)C(C(N)=O)=C(C)N3)cc1. The van der Waals surface area contributed by atoms with Gasteiger partial charge < -0.3 is 16.0 Å². The first-order valence-electron chi connectivity index (χ1n) is 10.3. The Hall–Kier alpha value is -3.68. The maximum atomic E-state index is 14.7. The van der Waals surface area contributed by atoms with Gasteiger partial charge in [-0.2, -0.15) is 4.98 Å². The number of carbonyl (C=O) groups excluding carboxylic acids is 1. The van der Waals surface area contributed by atoms with Crippen LogP contribution in [0.4, 0.5) is 16.0 Å². The number of amides is 1. The van der Waals surface area contributed by atoms with E-state index in [1.54, 1.807) is 25.1 Å². The van der Waals surface area contributed by atoms with E-state index < -0.39 is 17.8 Å². The highest BCUT2D eigenvalue weighted by molar-refractivity contribution is 5.95. The van der Waals surface area contributed by atoms with Crippen LogP contribution >= 0.6 is 0 Å². The molecule has 7 nitrogen and oxygen atoms in total. The minimum Gasteiger partial charge on any atom is -0.372 e. The van der Waals surface area contributed by atoms with E-state index in [2.05, 4.69) is 34.1 Å². The van der Waals surface area contributed by atoms with Crippen LogP contribution in [0.25, 0.3) is 11.4 Å². The summed E-state index contributed by atoms with van der Waals surface area (Å²) in [7, 11) is 0. The first-order chi connectivity index (χ1) is 14.9. The van der Waals surface area contributed by atoms with Gasteiger partial charge in [-0.15, -0.1) is 5.10 Å². The van der Waals surface area contributed by atoms with Crippen LogP contribution in [-0.2, 0) is 4.79 Å². The maximum Gasteiger partial charge on any atom is 0.248 e. The van der Waals surface area contributed by atoms with E-state index in [4.69, 9.17) is 5.73 Å². The number of carbonyl (C=O) groups is 1. The van der Waals surface area contributed by atoms with Gasteiger partial charge in [0.25, 0.3) is 0 Å². The summed E-state index contributed by atoms with van der Waals surface area (Å²) in [6, 6.07) is 13.5. The number of rotatable bonds is 6. The molecule has 1 aromatic heterocycles. The van der Waals surface area contributed by atoms with E-state index in [1.807, 2.05) is 24.3 Å². The molecule has 1 atom stereocenters. The van der Waals surface area contributed by atoms with E-state index >= 15 is 0 Å². The highest BCUT2D eigenvalue weighted by Crippen LogP contribution is 2.37. The molecule has 0 spiro atoms. The lowest BCUT2D eigenvalue weighted by atomic mass is 9.95. The first-order valence-corrected chi connectivity index (χ1v) is 10.3. The van der Waals surface area contributed by atoms with Crippen LogP contribution < -0.4 is 16.0 Å². The molecule has 3 N–H and O–H groups in total. The van der Waals surface area contributed by atoms with Crippen LogP contribution in [0.5, 0.6) is 0 Å². The number of halogens is 1. The van der Waals surface area contributed by atoms with Crippen LogP contribution in [0, 0.1) is 5.82 Å². The molecule has 0 saturated heterocycles. The first kappa shape index (κ1) is 20.6. The topological polar surface area (TPSA) is 89.1 Å². The van der Waals surface area contributed by atoms with Gasteiger partial charge in [0.2, 0.25) is 11.9 Å². The number of aromatic nitrogens is 3. The van der Waals surface area contributed by atoms with Crippen LogP contribution in [0.3, 0.4) is 0 Å². The van der Waals surface area contributed by atoms with Crippen LogP contribution in [-0.4, -0.2) is 33.8 Å². The molecule has 160 valence electrons. The number of anilines is 2. The second kappa shape index (κ2) is 8.22. The number of nitrogens with zero attached hydrogens (tertiary/aromatic N) is 4. The second-order valence-corrected chi connectivity index (χ2v) is 7.37. The van der Waals surface area contributed by atoms with Crippen molar-refractivity contribution in [1.82, 2.24) is 14.8 Å². The van der Waals surface area contributed by atoms with Crippen molar-refractivity contribution in [2.75, 3.05) is 23.3 Å². The lowest BCUT2D eigenvalue weighted by Gasteiger charge is -2.27. The average molecular weight is 420 g/mol. The Kier molecular flexibility index (Phi) is 5.46. The van der Waals surface area contributed by atoms with Crippen molar-refractivity contribution in [3.8, 4) is 11.4 Å². The Morgan fingerprint density at radius 1 is 1.16 bits per heavy atom. The highest BCUT2D eigenvalue weighted by atomic mass is 19.1. The number of allylic oxidation sites excluding steroid dienone is 1. The number of benzene rings is 2. The average Bonchev–Trinajstić information content (AvgIpc) is 3.18. The molecule has 0 aliphatic carbocycles. The Balaban J connectivity index is 1.79. The Bertz CT molecular complexity index is 1150. The highest BCUT2D eigenvalue weighted by Gasteiger charge is 2.34. The third kappa shape index (κ3) is 3.65. The number of nitrogens with one attached hydrogen (secondary N) is 1. The van der Waals surface area contributed by atoms with E-state index in [1.165, 1.54) is 10.7 Å². The minimum atomic E-state index is -0.800. The van der Waals surface area contributed by atoms with Gasteiger partial charge in [0.05, 0.1) is 5.57 Å². The molecule has 31 heavy (non-hydrogen) atoms. The Labute approximate surface area is 180 Å². The van der Waals surface area contributed by atoms with E-state index in [-0.39, 0.29) is 5.57 Å². The quantitative estimate of drug-likeness (QED) is 0.635. The summed E-state index contributed by atoms with van der Waals surface area (Å²) in [4.78, 5) is 19.1. The normalized spacial score (nSPS) is 15.4. The third-order valence-electron chi connectivity index (χ3n) is 5.57. The van der Waals surface area contributed by atoms with Crippen molar-refractivity contribution in [1.29, 1.82) is 0 Å². The van der Waals surface area contributed by atoms with Crippen LogP contribution in [0.1, 0.15) is 32.4 Å². The van der Waals surface area contributed by atoms with Gasteiger partial charge in [0.1, 0.15) is 11.9 Å². The minimum absolute atomic E-state index is 0.255. The third-order valence-corrected chi connectivity index (χ3v) is 5.57. The predicted octanol–water partition coefficient (Wildman–Crippen LogP) is 3.70. The number of fused-ring (bicyclic) bond motifs is 1. The molecule has 1 aliphatic heterocycles.